The molecule has 1 saturated heterocycles. The normalized spacial score (nSPS) is 16.5. The van der Waals surface area contributed by atoms with Crippen LogP contribution in [0.3, 0.4) is 0 Å². The molecule has 0 aliphatic carbocycles. The van der Waals surface area contributed by atoms with Crippen molar-refractivity contribution in [3.63, 3.8) is 0 Å². The summed E-state index contributed by atoms with van der Waals surface area (Å²) in [6, 6.07) is 16.8. The van der Waals surface area contributed by atoms with Crippen LogP contribution in [0.2, 0.25) is 0 Å². The third kappa shape index (κ3) is 4.84. The highest BCUT2D eigenvalue weighted by atomic mass is 16.2. The second-order valence-electron chi connectivity index (χ2n) is 8.80. The number of carbonyl (C=O) groups excluding carboxylic acids is 1. The Labute approximate surface area is 186 Å². The topological polar surface area (TPSA) is 38.1 Å². The van der Waals surface area contributed by atoms with Crippen LogP contribution in [0.5, 0.6) is 0 Å². The number of hydrogen-bond donors (Lipinski definition) is 0. The Kier molecular flexibility index (Phi) is 7.06. The van der Waals surface area contributed by atoms with Crippen molar-refractivity contribution in [2.75, 3.05) is 11.4 Å². The van der Waals surface area contributed by atoms with Crippen molar-refractivity contribution >= 4 is 22.6 Å². The predicted octanol–water partition coefficient (Wildman–Crippen LogP) is 6.48. The average Bonchev–Trinajstić information content (AvgIpc) is 3.37. The highest BCUT2D eigenvalue weighted by molar-refractivity contribution is 5.96. The molecule has 0 bridgehead atoms. The van der Waals surface area contributed by atoms with E-state index in [1.165, 1.54) is 49.6 Å². The lowest BCUT2D eigenvalue weighted by Crippen LogP contribution is -2.24. The van der Waals surface area contributed by atoms with Gasteiger partial charge in [-0.15, -0.1) is 0 Å². The first-order chi connectivity index (χ1) is 15.2. The number of anilines is 1. The lowest BCUT2D eigenvalue weighted by Gasteiger charge is -2.18. The van der Waals surface area contributed by atoms with Gasteiger partial charge in [-0.3, -0.25) is 4.79 Å². The fourth-order valence-electron chi connectivity index (χ4n) is 4.73. The monoisotopic (exact) mass is 417 g/mol. The summed E-state index contributed by atoms with van der Waals surface area (Å²) in [5.41, 5.74) is 4.54. The van der Waals surface area contributed by atoms with Crippen molar-refractivity contribution in [3.05, 3.63) is 59.9 Å². The van der Waals surface area contributed by atoms with E-state index >= 15 is 0 Å². The molecule has 1 aliphatic heterocycles. The lowest BCUT2D eigenvalue weighted by molar-refractivity contribution is -0.117. The number of amides is 1. The maximum absolute atomic E-state index is 12.9. The SMILES string of the molecule is CCCCCCCCn1c(C2CC(=O)N(c3ccc(CC)cc3)C2)nc2ccccc21. The molecule has 1 unspecified atom stereocenters. The number of aromatic nitrogens is 2. The molecule has 1 amide bonds. The minimum atomic E-state index is 0.144. The van der Waals surface area contributed by atoms with Crippen molar-refractivity contribution in [3.8, 4) is 0 Å². The number of unbranched alkanes of at least 4 members (excludes halogenated alkanes) is 5. The van der Waals surface area contributed by atoms with Gasteiger partial charge in [0.05, 0.1) is 11.0 Å². The molecule has 31 heavy (non-hydrogen) atoms. The van der Waals surface area contributed by atoms with E-state index in [0.29, 0.717) is 13.0 Å². The maximum Gasteiger partial charge on any atom is 0.227 e. The highest BCUT2D eigenvalue weighted by Gasteiger charge is 2.34. The van der Waals surface area contributed by atoms with Gasteiger partial charge in [0.1, 0.15) is 5.82 Å². The summed E-state index contributed by atoms with van der Waals surface area (Å²) in [5, 5.41) is 0. The number of aryl methyl sites for hydroxylation is 2. The molecule has 1 aromatic heterocycles. The number of para-hydroxylation sites is 2. The summed E-state index contributed by atoms with van der Waals surface area (Å²) in [7, 11) is 0. The molecular formula is C27H35N3O. The summed E-state index contributed by atoms with van der Waals surface area (Å²) in [5.74, 6) is 1.43. The summed E-state index contributed by atoms with van der Waals surface area (Å²) < 4.78 is 2.39. The number of imidazole rings is 1. The van der Waals surface area contributed by atoms with E-state index in [2.05, 4.69) is 66.9 Å². The maximum atomic E-state index is 12.9. The number of benzene rings is 2. The third-order valence-electron chi connectivity index (χ3n) is 6.57. The van der Waals surface area contributed by atoms with Crippen LogP contribution >= 0.6 is 0 Å². The van der Waals surface area contributed by atoms with Crippen LogP contribution in [0.4, 0.5) is 5.69 Å². The molecular weight excluding hydrogens is 382 g/mol. The Morgan fingerprint density at radius 1 is 0.935 bits per heavy atom. The van der Waals surface area contributed by atoms with Gasteiger partial charge in [0.25, 0.3) is 0 Å². The first-order valence-corrected chi connectivity index (χ1v) is 12.1. The van der Waals surface area contributed by atoms with Crippen LogP contribution in [0, 0.1) is 0 Å². The molecule has 1 fully saturated rings. The van der Waals surface area contributed by atoms with Gasteiger partial charge >= 0.3 is 0 Å². The largest absolute Gasteiger partial charge is 0.328 e. The molecule has 2 aromatic carbocycles. The van der Waals surface area contributed by atoms with Gasteiger partial charge in [0, 0.05) is 31.1 Å². The molecule has 4 heteroatoms. The molecule has 4 nitrogen and oxygen atoms in total. The number of carbonyl (C=O) groups is 1. The Bertz CT molecular complexity index is 1000. The van der Waals surface area contributed by atoms with Crippen LogP contribution in [-0.2, 0) is 17.8 Å². The molecule has 3 aromatic rings. The Morgan fingerprint density at radius 2 is 1.68 bits per heavy atom. The lowest BCUT2D eigenvalue weighted by atomic mass is 10.1. The summed E-state index contributed by atoms with van der Waals surface area (Å²) in [6.45, 7) is 6.11. The first-order valence-electron chi connectivity index (χ1n) is 12.1. The minimum absolute atomic E-state index is 0.144. The highest BCUT2D eigenvalue weighted by Crippen LogP contribution is 2.33. The van der Waals surface area contributed by atoms with Crippen LogP contribution in [0.1, 0.15) is 76.1 Å². The van der Waals surface area contributed by atoms with Gasteiger partial charge in [-0.2, -0.15) is 0 Å². The van der Waals surface area contributed by atoms with Crippen LogP contribution in [-0.4, -0.2) is 22.0 Å². The van der Waals surface area contributed by atoms with Gasteiger partial charge in [-0.25, -0.2) is 4.98 Å². The Morgan fingerprint density at radius 3 is 2.45 bits per heavy atom. The van der Waals surface area contributed by atoms with Crippen molar-refractivity contribution in [2.45, 2.75) is 77.7 Å². The van der Waals surface area contributed by atoms with Crippen molar-refractivity contribution in [1.29, 1.82) is 0 Å². The third-order valence-corrected chi connectivity index (χ3v) is 6.57. The van der Waals surface area contributed by atoms with Gasteiger partial charge < -0.3 is 9.47 Å². The first kappa shape index (κ1) is 21.6. The predicted molar refractivity (Wildman–Crippen MR) is 129 cm³/mol. The molecule has 164 valence electrons. The van der Waals surface area contributed by atoms with E-state index in [0.717, 1.165) is 30.0 Å². The Hall–Kier alpha value is -2.62. The van der Waals surface area contributed by atoms with Crippen LogP contribution in [0.15, 0.2) is 48.5 Å². The molecule has 0 saturated carbocycles. The van der Waals surface area contributed by atoms with Crippen LogP contribution in [0.25, 0.3) is 11.0 Å². The van der Waals surface area contributed by atoms with Crippen LogP contribution < -0.4 is 4.90 Å². The summed E-state index contributed by atoms with van der Waals surface area (Å²) in [4.78, 5) is 19.8. The zero-order chi connectivity index (χ0) is 21.6. The van der Waals surface area contributed by atoms with E-state index in [1.807, 2.05) is 4.90 Å². The molecule has 0 N–H and O–H groups in total. The molecule has 0 spiro atoms. The summed E-state index contributed by atoms with van der Waals surface area (Å²) >= 11 is 0. The fourth-order valence-corrected chi connectivity index (χ4v) is 4.73. The van der Waals surface area contributed by atoms with E-state index in [9.17, 15) is 4.79 Å². The van der Waals surface area contributed by atoms with Crippen molar-refractivity contribution in [1.82, 2.24) is 9.55 Å². The second kappa shape index (κ2) is 10.1. The molecule has 4 rings (SSSR count). The standard InChI is InChI=1S/C27H35N3O/c1-3-5-6-7-8-11-18-29-25-13-10-9-12-24(25)28-27(29)22-19-26(31)30(20-22)23-16-14-21(4-2)15-17-23/h9-10,12-17,22H,3-8,11,18-20H2,1-2H3. The van der Waals surface area contributed by atoms with Crippen molar-refractivity contribution in [2.24, 2.45) is 0 Å². The van der Waals surface area contributed by atoms with Gasteiger partial charge in [0.15, 0.2) is 0 Å². The number of hydrogen-bond acceptors (Lipinski definition) is 2. The molecule has 1 atom stereocenters. The zero-order valence-corrected chi connectivity index (χ0v) is 19.0. The molecule has 1 aliphatic rings. The second-order valence-corrected chi connectivity index (χ2v) is 8.80. The van der Waals surface area contributed by atoms with Gasteiger partial charge in [0.2, 0.25) is 5.91 Å². The van der Waals surface area contributed by atoms with E-state index in [-0.39, 0.29) is 11.8 Å². The van der Waals surface area contributed by atoms with Gasteiger partial charge in [-0.05, 0) is 42.7 Å². The summed E-state index contributed by atoms with van der Waals surface area (Å²) in [6.07, 6.45) is 9.22. The number of nitrogens with zero attached hydrogens (tertiary/aromatic N) is 3. The minimum Gasteiger partial charge on any atom is -0.328 e. The van der Waals surface area contributed by atoms with E-state index in [4.69, 9.17) is 4.98 Å². The quantitative estimate of drug-likeness (QED) is 0.354. The van der Waals surface area contributed by atoms with Gasteiger partial charge in [-0.1, -0.05) is 70.2 Å². The smallest absolute Gasteiger partial charge is 0.227 e. The fraction of sp³-hybridized carbons (Fsp3) is 0.481. The Balaban J connectivity index is 1.52. The molecule has 0 radical (unpaired) electrons. The molecule has 2 heterocycles. The van der Waals surface area contributed by atoms with Crippen molar-refractivity contribution < 1.29 is 4.79 Å². The number of rotatable bonds is 10. The van der Waals surface area contributed by atoms with E-state index < -0.39 is 0 Å². The van der Waals surface area contributed by atoms with E-state index in [1.54, 1.807) is 0 Å². The number of fused-ring (bicyclic) bond motifs is 1. The zero-order valence-electron chi connectivity index (χ0n) is 19.0. The average molecular weight is 418 g/mol.